The molecule has 1 unspecified atom stereocenters. The number of rotatable bonds is 2. The average Bonchev–Trinajstić information content (AvgIpc) is 2.84. The van der Waals surface area contributed by atoms with Crippen LogP contribution < -0.4 is 0 Å². The van der Waals surface area contributed by atoms with E-state index in [1.165, 1.54) is 0 Å². The second-order valence-corrected chi connectivity index (χ2v) is 9.13. The summed E-state index contributed by atoms with van der Waals surface area (Å²) >= 11 is 0. The van der Waals surface area contributed by atoms with Crippen molar-refractivity contribution in [1.82, 2.24) is 0 Å². The summed E-state index contributed by atoms with van der Waals surface area (Å²) in [6, 6.07) is 0. The SMILES string of the molecule is C[C@]12CCC(=O)CC1CC[C@H]1[C@@H]3CCC(=O)[C@@]3(CC(=O)O)CC[C@@H]12. The molecule has 6 atom stereocenters. The molecule has 0 aromatic heterocycles. The summed E-state index contributed by atoms with van der Waals surface area (Å²) in [7, 11) is 0. The molecule has 4 saturated carbocycles. The van der Waals surface area contributed by atoms with Crippen LogP contribution in [0.5, 0.6) is 0 Å². The summed E-state index contributed by atoms with van der Waals surface area (Å²) in [6.45, 7) is 2.38. The Morgan fingerprint density at radius 2 is 1.88 bits per heavy atom. The highest BCUT2D eigenvalue weighted by molar-refractivity contribution is 5.91. The minimum Gasteiger partial charge on any atom is -0.481 e. The van der Waals surface area contributed by atoms with Gasteiger partial charge in [-0.3, -0.25) is 14.4 Å². The summed E-state index contributed by atoms with van der Waals surface area (Å²) < 4.78 is 0. The van der Waals surface area contributed by atoms with E-state index in [2.05, 4.69) is 6.92 Å². The molecule has 132 valence electrons. The van der Waals surface area contributed by atoms with E-state index in [0.717, 1.165) is 44.9 Å². The van der Waals surface area contributed by atoms with Crippen molar-refractivity contribution in [2.75, 3.05) is 0 Å². The first-order valence-corrected chi connectivity index (χ1v) is 9.63. The maximum absolute atomic E-state index is 12.6. The van der Waals surface area contributed by atoms with Crippen LogP contribution in [0.25, 0.3) is 0 Å². The van der Waals surface area contributed by atoms with Gasteiger partial charge in [0.15, 0.2) is 0 Å². The van der Waals surface area contributed by atoms with Crippen LogP contribution in [0.15, 0.2) is 0 Å². The fourth-order valence-corrected chi connectivity index (χ4v) is 7.22. The fraction of sp³-hybridized carbons (Fsp3) is 0.850. The highest BCUT2D eigenvalue weighted by atomic mass is 16.4. The highest BCUT2D eigenvalue weighted by Gasteiger charge is 2.62. The number of carboxylic acid groups (broad SMARTS) is 1. The predicted octanol–water partition coefficient (Wildman–Crippen LogP) is 3.62. The molecule has 1 N–H and O–H groups in total. The summed E-state index contributed by atoms with van der Waals surface area (Å²) in [6.07, 6.45) is 7.80. The molecule has 0 amide bonds. The Hall–Kier alpha value is -1.19. The topological polar surface area (TPSA) is 71.4 Å². The molecule has 4 heteroatoms. The van der Waals surface area contributed by atoms with Crippen LogP contribution >= 0.6 is 0 Å². The normalized spacial score (nSPS) is 47.7. The second kappa shape index (κ2) is 5.40. The van der Waals surface area contributed by atoms with E-state index in [1.54, 1.807) is 0 Å². The van der Waals surface area contributed by atoms with Gasteiger partial charge in [-0.15, -0.1) is 0 Å². The maximum Gasteiger partial charge on any atom is 0.304 e. The molecule has 0 aliphatic heterocycles. The summed E-state index contributed by atoms with van der Waals surface area (Å²) in [5.41, 5.74) is -0.363. The minimum atomic E-state index is -0.822. The Morgan fingerprint density at radius 3 is 2.62 bits per heavy atom. The van der Waals surface area contributed by atoms with Crippen molar-refractivity contribution < 1.29 is 19.5 Å². The first-order valence-electron chi connectivity index (χ1n) is 9.63. The van der Waals surface area contributed by atoms with Crippen molar-refractivity contribution in [2.45, 2.75) is 71.1 Å². The predicted molar refractivity (Wildman–Crippen MR) is 88.3 cm³/mol. The second-order valence-electron chi connectivity index (χ2n) is 9.13. The number of hydrogen-bond donors (Lipinski definition) is 1. The lowest BCUT2D eigenvalue weighted by atomic mass is 9.45. The maximum atomic E-state index is 12.6. The van der Waals surface area contributed by atoms with Gasteiger partial charge in [0.2, 0.25) is 0 Å². The van der Waals surface area contributed by atoms with Crippen LogP contribution in [-0.4, -0.2) is 22.6 Å². The Bertz CT molecular complexity index is 596. The van der Waals surface area contributed by atoms with Gasteiger partial charge in [0, 0.05) is 24.7 Å². The van der Waals surface area contributed by atoms with Crippen LogP contribution in [-0.2, 0) is 14.4 Å². The zero-order chi connectivity index (χ0) is 17.1. The first-order chi connectivity index (χ1) is 11.4. The molecule has 24 heavy (non-hydrogen) atoms. The molecular weight excluding hydrogens is 304 g/mol. The first kappa shape index (κ1) is 16.3. The number of hydrogen-bond acceptors (Lipinski definition) is 3. The molecule has 0 spiro atoms. The standard InChI is InChI=1S/C20H28O4/c1-19-8-6-13(21)10-12(19)2-3-14-15(19)7-9-20(11-18(23)24)16(14)4-5-17(20)22/h12,14-16H,2-11H2,1H3,(H,23,24)/t12?,14-,15+,16+,19+,20-/m1/s1. The number of Topliss-reactive ketones (excluding diaryl/α,β-unsaturated/α-hetero) is 2. The zero-order valence-corrected chi connectivity index (χ0v) is 14.6. The minimum absolute atomic E-state index is 0.0261. The van der Waals surface area contributed by atoms with Gasteiger partial charge in [-0.2, -0.15) is 0 Å². The van der Waals surface area contributed by atoms with E-state index >= 15 is 0 Å². The van der Waals surface area contributed by atoms with Crippen LogP contribution in [0.3, 0.4) is 0 Å². The van der Waals surface area contributed by atoms with Gasteiger partial charge < -0.3 is 5.11 Å². The number of carbonyl (C=O) groups is 3. The van der Waals surface area contributed by atoms with Gasteiger partial charge in [-0.25, -0.2) is 0 Å². The van der Waals surface area contributed by atoms with Crippen molar-refractivity contribution in [3.05, 3.63) is 0 Å². The third kappa shape index (κ3) is 2.14. The van der Waals surface area contributed by atoms with E-state index in [-0.39, 0.29) is 23.5 Å². The number of fused-ring (bicyclic) bond motifs is 5. The molecule has 0 aromatic rings. The molecule has 4 rings (SSSR count). The molecule has 4 aliphatic rings. The van der Waals surface area contributed by atoms with E-state index in [9.17, 15) is 19.5 Å². The molecular formula is C20H28O4. The van der Waals surface area contributed by atoms with Gasteiger partial charge in [-0.1, -0.05) is 6.92 Å². The third-order valence-electron chi connectivity index (χ3n) is 8.39. The molecule has 0 aromatic carbocycles. The molecule has 0 heterocycles. The van der Waals surface area contributed by atoms with E-state index in [1.807, 2.05) is 0 Å². The smallest absolute Gasteiger partial charge is 0.304 e. The van der Waals surface area contributed by atoms with Crippen molar-refractivity contribution in [3.8, 4) is 0 Å². The molecule has 0 saturated heterocycles. The summed E-state index contributed by atoms with van der Waals surface area (Å²) in [4.78, 5) is 36.0. The molecule has 4 fully saturated rings. The number of ketones is 2. The van der Waals surface area contributed by atoms with Crippen molar-refractivity contribution in [2.24, 2.45) is 34.5 Å². The zero-order valence-electron chi connectivity index (χ0n) is 14.6. The van der Waals surface area contributed by atoms with Gasteiger partial charge in [0.25, 0.3) is 0 Å². The number of aliphatic carboxylic acids is 1. The van der Waals surface area contributed by atoms with Gasteiger partial charge in [0.05, 0.1) is 6.42 Å². The number of carboxylic acids is 1. The third-order valence-corrected chi connectivity index (χ3v) is 8.39. The molecule has 4 nitrogen and oxygen atoms in total. The van der Waals surface area contributed by atoms with Crippen molar-refractivity contribution >= 4 is 17.5 Å². The van der Waals surface area contributed by atoms with Gasteiger partial charge >= 0.3 is 5.97 Å². The van der Waals surface area contributed by atoms with Crippen LogP contribution in [0.4, 0.5) is 0 Å². The summed E-state index contributed by atoms with van der Waals surface area (Å²) in [5, 5.41) is 9.40. The Labute approximate surface area is 143 Å². The van der Waals surface area contributed by atoms with Gasteiger partial charge in [-0.05, 0) is 67.6 Å². The number of carbonyl (C=O) groups excluding carboxylic acids is 2. The van der Waals surface area contributed by atoms with Crippen LogP contribution in [0.2, 0.25) is 0 Å². The van der Waals surface area contributed by atoms with Gasteiger partial charge in [0.1, 0.15) is 11.6 Å². The lowest BCUT2D eigenvalue weighted by Crippen LogP contribution is -2.54. The Balaban J connectivity index is 1.65. The lowest BCUT2D eigenvalue weighted by Gasteiger charge is -2.59. The molecule has 4 aliphatic carbocycles. The Morgan fingerprint density at radius 1 is 1.08 bits per heavy atom. The lowest BCUT2D eigenvalue weighted by molar-refractivity contribution is -0.156. The van der Waals surface area contributed by atoms with E-state index < -0.39 is 11.4 Å². The Kier molecular flexibility index (Phi) is 3.67. The summed E-state index contributed by atoms with van der Waals surface area (Å²) in [5.74, 6) is 1.62. The molecule has 0 radical (unpaired) electrons. The van der Waals surface area contributed by atoms with Crippen molar-refractivity contribution in [3.63, 3.8) is 0 Å². The van der Waals surface area contributed by atoms with Crippen LogP contribution in [0, 0.1) is 34.5 Å². The van der Waals surface area contributed by atoms with E-state index in [0.29, 0.717) is 36.4 Å². The average molecular weight is 332 g/mol. The highest BCUT2D eigenvalue weighted by Crippen LogP contribution is 2.66. The van der Waals surface area contributed by atoms with E-state index in [4.69, 9.17) is 0 Å². The monoisotopic (exact) mass is 332 g/mol. The van der Waals surface area contributed by atoms with Crippen LogP contribution in [0.1, 0.15) is 71.1 Å². The fourth-order valence-electron chi connectivity index (χ4n) is 7.22. The quantitative estimate of drug-likeness (QED) is 0.838. The molecule has 0 bridgehead atoms. The van der Waals surface area contributed by atoms with Crippen molar-refractivity contribution in [1.29, 1.82) is 0 Å². The largest absolute Gasteiger partial charge is 0.481 e.